The zero-order chi connectivity index (χ0) is 10.3. The number of amides is 1. The molecule has 1 saturated carbocycles. The second kappa shape index (κ2) is 2.98. The highest BCUT2D eigenvalue weighted by Crippen LogP contribution is 2.44. The minimum Gasteiger partial charge on any atom is -0.369 e. The van der Waals surface area contributed by atoms with Gasteiger partial charge < -0.3 is 10.1 Å². The van der Waals surface area contributed by atoms with Gasteiger partial charge in [-0.15, -0.1) is 0 Å². The number of carbonyl (C=O) groups is 1. The molecule has 0 radical (unpaired) electrons. The SMILES string of the molecule is COC(C)(C)C(=O)NC1CC1(C)C. The molecule has 0 aromatic heterocycles. The molecule has 1 aliphatic rings. The average Bonchev–Trinajstić information content (AvgIpc) is 2.58. The van der Waals surface area contributed by atoms with Gasteiger partial charge in [0.05, 0.1) is 0 Å². The maximum Gasteiger partial charge on any atom is 0.251 e. The van der Waals surface area contributed by atoms with Crippen molar-refractivity contribution in [3.63, 3.8) is 0 Å². The number of carbonyl (C=O) groups excluding carboxylic acids is 1. The van der Waals surface area contributed by atoms with Gasteiger partial charge in [-0.25, -0.2) is 0 Å². The van der Waals surface area contributed by atoms with Gasteiger partial charge in [-0.3, -0.25) is 4.79 Å². The Balaban J connectivity index is 2.43. The van der Waals surface area contributed by atoms with Gasteiger partial charge >= 0.3 is 0 Å². The first kappa shape index (κ1) is 10.5. The lowest BCUT2D eigenvalue weighted by Gasteiger charge is -2.22. The maximum absolute atomic E-state index is 11.6. The third kappa shape index (κ3) is 2.21. The average molecular weight is 185 g/mol. The van der Waals surface area contributed by atoms with Crippen LogP contribution in [0.5, 0.6) is 0 Å². The van der Waals surface area contributed by atoms with Crippen molar-refractivity contribution >= 4 is 5.91 Å². The maximum atomic E-state index is 11.6. The molecule has 1 unspecified atom stereocenters. The van der Waals surface area contributed by atoms with Crippen LogP contribution in [0.2, 0.25) is 0 Å². The summed E-state index contributed by atoms with van der Waals surface area (Å²) in [4.78, 5) is 11.6. The lowest BCUT2D eigenvalue weighted by atomic mass is 10.1. The molecule has 0 aliphatic heterocycles. The van der Waals surface area contributed by atoms with Crippen molar-refractivity contribution in [1.29, 1.82) is 0 Å². The fraction of sp³-hybridized carbons (Fsp3) is 0.900. The molecule has 3 nitrogen and oxygen atoms in total. The third-order valence-electron chi connectivity index (χ3n) is 2.88. The molecule has 0 spiro atoms. The first-order chi connectivity index (χ1) is 5.79. The smallest absolute Gasteiger partial charge is 0.251 e. The van der Waals surface area contributed by atoms with Crippen LogP contribution in [-0.2, 0) is 9.53 Å². The first-order valence-corrected chi connectivity index (χ1v) is 4.66. The Morgan fingerprint density at radius 3 is 2.31 bits per heavy atom. The summed E-state index contributed by atoms with van der Waals surface area (Å²) in [6.07, 6.45) is 1.07. The van der Waals surface area contributed by atoms with Crippen molar-refractivity contribution in [2.75, 3.05) is 7.11 Å². The highest BCUT2D eigenvalue weighted by Gasteiger charge is 2.48. The quantitative estimate of drug-likeness (QED) is 0.720. The largest absolute Gasteiger partial charge is 0.369 e. The molecule has 13 heavy (non-hydrogen) atoms. The van der Waals surface area contributed by atoms with Crippen LogP contribution in [0.25, 0.3) is 0 Å². The zero-order valence-electron chi connectivity index (χ0n) is 9.10. The summed E-state index contributed by atoms with van der Waals surface area (Å²) in [5.41, 5.74) is -0.432. The predicted octanol–water partition coefficient (Wildman–Crippen LogP) is 1.33. The van der Waals surface area contributed by atoms with E-state index in [0.29, 0.717) is 6.04 Å². The van der Waals surface area contributed by atoms with E-state index in [1.165, 1.54) is 0 Å². The van der Waals surface area contributed by atoms with Gasteiger partial charge in [-0.05, 0) is 25.7 Å². The molecule has 3 heteroatoms. The van der Waals surface area contributed by atoms with Gasteiger partial charge in [0.15, 0.2) is 0 Å². The third-order valence-corrected chi connectivity index (χ3v) is 2.88. The molecule has 1 aliphatic carbocycles. The van der Waals surface area contributed by atoms with Crippen LogP contribution in [-0.4, -0.2) is 24.7 Å². The van der Waals surface area contributed by atoms with Crippen LogP contribution in [0, 0.1) is 5.41 Å². The van der Waals surface area contributed by atoms with Crippen molar-refractivity contribution in [3.8, 4) is 0 Å². The fourth-order valence-corrected chi connectivity index (χ4v) is 1.14. The van der Waals surface area contributed by atoms with Gasteiger partial charge in [-0.2, -0.15) is 0 Å². The van der Waals surface area contributed by atoms with Crippen LogP contribution in [0.3, 0.4) is 0 Å². The van der Waals surface area contributed by atoms with Crippen LogP contribution in [0.1, 0.15) is 34.1 Å². The Labute approximate surface area is 79.8 Å². The van der Waals surface area contributed by atoms with E-state index in [0.717, 1.165) is 6.42 Å². The minimum absolute atomic E-state index is 0.0226. The highest BCUT2D eigenvalue weighted by atomic mass is 16.5. The fourth-order valence-electron chi connectivity index (χ4n) is 1.14. The minimum atomic E-state index is -0.710. The lowest BCUT2D eigenvalue weighted by molar-refractivity contribution is -0.139. The standard InChI is InChI=1S/C10H19NO2/c1-9(2)6-7(9)11-8(12)10(3,4)13-5/h7H,6H2,1-5H3,(H,11,12). The van der Waals surface area contributed by atoms with E-state index in [1.807, 2.05) is 0 Å². The molecule has 1 fully saturated rings. The van der Waals surface area contributed by atoms with Gasteiger partial charge in [0.25, 0.3) is 5.91 Å². The number of ether oxygens (including phenoxy) is 1. The van der Waals surface area contributed by atoms with Crippen molar-refractivity contribution < 1.29 is 9.53 Å². The summed E-state index contributed by atoms with van der Waals surface area (Å²) >= 11 is 0. The van der Waals surface area contributed by atoms with E-state index in [-0.39, 0.29) is 11.3 Å². The molecule has 1 atom stereocenters. The van der Waals surface area contributed by atoms with E-state index >= 15 is 0 Å². The van der Waals surface area contributed by atoms with Crippen LogP contribution >= 0.6 is 0 Å². The molecule has 0 bridgehead atoms. The molecular weight excluding hydrogens is 166 g/mol. The van der Waals surface area contributed by atoms with E-state index in [9.17, 15) is 4.79 Å². The van der Waals surface area contributed by atoms with E-state index < -0.39 is 5.60 Å². The van der Waals surface area contributed by atoms with Crippen LogP contribution < -0.4 is 5.32 Å². The predicted molar refractivity (Wildman–Crippen MR) is 51.4 cm³/mol. The summed E-state index contributed by atoms with van der Waals surface area (Å²) in [7, 11) is 1.55. The Hall–Kier alpha value is -0.570. The van der Waals surface area contributed by atoms with Crippen molar-refractivity contribution in [2.24, 2.45) is 5.41 Å². The summed E-state index contributed by atoms with van der Waals surface area (Å²) in [6.45, 7) is 7.85. The monoisotopic (exact) mass is 185 g/mol. The van der Waals surface area contributed by atoms with E-state index in [2.05, 4.69) is 19.2 Å². The first-order valence-electron chi connectivity index (χ1n) is 4.66. The second-order valence-electron chi connectivity index (χ2n) is 4.93. The number of nitrogens with one attached hydrogen (secondary N) is 1. The van der Waals surface area contributed by atoms with Crippen LogP contribution in [0.15, 0.2) is 0 Å². The zero-order valence-corrected chi connectivity index (χ0v) is 9.10. The molecule has 0 aromatic rings. The van der Waals surface area contributed by atoms with Gasteiger partial charge in [0, 0.05) is 13.2 Å². The molecule has 0 saturated heterocycles. The second-order valence-corrected chi connectivity index (χ2v) is 4.93. The van der Waals surface area contributed by atoms with Crippen molar-refractivity contribution in [3.05, 3.63) is 0 Å². The van der Waals surface area contributed by atoms with Crippen molar-refractivity contribution in [1.82, 2.24) is 5.32 Å². The Kier molecular flexibility index (Phi) is 2.41. The number of methoxy groups -OCH3 is 1. The normalized spacial score (nSPS) is 25.5. The summed E-state index contributed by atoms with van der Waals surface area (Å²) in [6, 6.07) is 0.328. The number of hydrogen-bond acceptors (Lipinski definition) is 2. The molecule has 1 rings (SSSR count). The summed E-state index contributed by atoms with van der Waals surface area (Å²) < 4.78 is 5.08. The Morgan fingerprint density at radius 1 is 1.54 bits per heavy atom. The van der Waals surface area contributed by atoms with Crippen molar-refractivity contribution in [2.45, 2.75) is 45.8 Å². The van der Waals surface area contributed by atoms with E-state index in [1.54, 1.807) is 21.0 Å². The molecule has 1 N–H and O–H groups in total. The van der Waals surface area contributed by atoms with Crippen LogP contribution in [0.4, 0.5) is 0 Å². The number of hydrogen-bond donors (Lipinski definition) is 1. The van der Waals surface area contributed by atoms with Gasteiger partial charge in [-0.1, -0.05) is 13.8 Å². The Morgan fingerprint density at radius 2 is 2.00 bits per heavy atom. The molecule has 0 heterocycles. The summed E-state index contributed by atoms with van der Waals surface area (Å²) in [5, 5.41) is 2.97. The molecule has 0 aromatic carbocycles. The summed E-state index contributed by atoms with van der Waals surface area (Å²) in [5.74, 6) is -0.0226. The molecular formula is C10H19NO2. The molecule has 76 valence electrons. The number of rotatable bonds is 3. The topological polar surface area (TPSA) is 38.3 Å². The lowest BCUT2D eigenvalue weighted by Crippen LogP contribution is -2.45. The van der Waals surface area contributed by atoms with E-state index in [4.69, 9.17) is 4.74 Å². The van der Waals surface area contributed by atoms with Gasteiger partial charge in [0.2, 0.25) is 0 Å². The Bertz CT molecular complexity index is 221. The highest BCUT2D eigenvalue weighted by molar-refractivity contribution is 5.84. The molecule has 1 amide bonds. The van der Waals surface area contributed by atoms with Gasteiger partial charge in [0.1, 0.15) is 5.60 Å².